The molecule has 1 saturated heterocycles. The zero-order valence-electron chi connectivity index (χ0n) is 11.7. The van der Waals surface area contributed by atoms with Crippen LogP contribution in [0.15, 0.2) is 4.34 Å². The van der Waals surface area contributed by atoms with Gasteiger partial charge in [-0.1, -0.05) is 23.1 Å². The highest BCUT2D eigenvalue weighted by atomic mass is 32.2. The lowest BCUT2D eigenvalue weighted by Crippen LogP contribution is -2.31. The number of rotatable bonds is 7. The van der Waals surface area contributed by atoms with Gasteiger partial charge in [0, 0.05) is 19.2 Å². The van der Waals surface area contributed by atoms with E-state index >= 15 is 0 Å². The Morgan fingerprint density at radius 2 is 2.40 bits per heavy atom. The number of aromatic nitrogens is 2. The van der Waals surface area contributed by atoms with Crippen molar-refractivity contribution in [1.29, 1.82) is 0 Å². The third-order valence-electron chi connectivity index (χ3n) is 2.69. The Balaban J connectivity index is 1.70. The van der Waals surface area contributed by atoms with E-state index in [-0.39, 0.29) is 18.1 Å². The average molecular weight is 316 g/mol. The molecule has 1 atom stereocenters. The Morgan fingerprint density at radius 3 is 3.10 bits per heavy atom. The van der Waals surface area contributed by atoms with Gasteiger partial charge >= 0.3 is 0 Å². The molecule has 0 saturated carbocycles. The van der Waals surface area contributed by atoms with Gasteiger partial charge in [0.05, 0.1) is 11.9 Å². The summed E-state index contributed by atoms with van der Waals surface area (Å²) in [5.74, 6) is 0.396. The normalized spacial score (nSPS) is 18.4. The van der Waals surface area contributed by atoms with E-state index in [0.29, 0.717) is 5.75 Å². The molecule has 2 N–H and O–H groups in total. The highest BCUT2D eigenvalue weighted by Gasteiger charge is 2.16. The standard InChI is InChI=1S/C12H20N4O2S2/c1-8(2)14-10(17)7-19-12-16-15-11(20-12)13-6-9-4-3-5-18-9/h8-9H,3-7H2,1-2H3,(H,13,15)(H,14,17). The SMILES string of the molecule is CC(C)NC(=O)CSc1nnc(NCC2CCCO2)s1. The van der Waals surface area contributed by atoms with E-state index in [1.54, 1.807) is 0 Å². The summed E-state index contributed by atoms with van der Waals surface area (Å²) in [7, 11) is 0. The van der Waals surface area contributed by atoms with E-state index in [9.17, 15) is 4.79 Å². The Kier molecular flexibility index (Phi) is 6.06. The highest BCUT2D eigenvalue weighted by molar-refractivity contribution is 8.01. The van der Waals surface area contributed by atoms with Crippen molar-refractivity contribution in [3.05, 3.63) is 0 Å². The molecular formula is C12H20N4O2S2. The van der Waals surface area contributed by atoms with E-state index in [2.05, 4.69) is 20.8 Å². The van der Waals surface area contributed by atoms with Gasteiger partial charge in [-0.15, -0.1) is 10.2 Å². The summed E-state index contributed by atoms with van der Waals surface area (Å²) in [6.45, 7) is 5.52. The number of thioether (sulfide) groups is 1. The van der Waals surface area contributed by atoms with Gasteiger partial charge < -0.3 is 15.4 Å². The van der Waals surface area contributed by atoms with Crippen molar-refractivity contribution < 1.29 is 9.53 Å². The molecule has 1 unspecified atom stereocenters. The van der Waals surface area contributed by atoms with E-state index in [4.69, 9.17) is 4.74 Å². The fourth-order valence-electron chi connectivity index (χ4n) is 1.84. The fourth-order valence-corrected chi connectivity index (χ4v) is 3.41. The molecule has 6 nitrogen and oxygen atoms in total. The lowest BCUT2D eigenvalue weighted by atomic mass is 10.2. The lowest BCUT2D eigenvalue weighted by molar-refractivity contribution is -0.119. The first kappa shape index (κ1) is 15.5. The van der Waals surface area contributed by atoms with Crippen molar-refractivity contribution in [2.75, 3.05) is 24.2 Å². The lowest BCUT2D eigenvalue weighted by Gasteiger charge is -2.08. The van der Waals surface area contributed by atoms with Crippen LogP contribution in [0.3, 0.4) is 0 Å². The zero-order valence-corrected chi connectivity index (χ0v) is 13.4. The summed E-state index contributed by atoms with van der Waals surface area (Å²) in [4.78, 5) is 11.5. The van der Waals surface area contributed by atoms with Crippen molar-refractivity contribution in [1.82, 2.24) is 15.5 Å². The highest BCUT2D eigenvalue weighted by Crippen LogP contribution is 2.25. The van der Waals surface area contributed by atoms with Gasteiger partial charge in [-0.2, -0.15) is 0 Å². The second-order valence-electron chi connectivity index (χ2n) is 4.90. The van der Waals surface area contributed by atoms with Gasteiger partial charge in [0.15, 0.2) is 4.34 Å². The summed E-state index contributed by atoms with van der Waals surface area (Å²) in [5.41, 5.74) is 0. The van der Waals surface area contributed by atoms with Crippen LogP contribution in [0.2, 0.25) is 0 Å². The second kappa shape index (κ2) is 7.80. The van der Waals surface area contributed by atoms with Crippen molar-refractivity contribution in [3.63, 3.8) is 0 Å². The molecule has 2 heterocycles. The van der Waals surface area contributed by atoms with Gasteiger partial charge in [0.1, 0.15) is 0 Å². The smallest absolute Gasteiger partial charge is 0.230 e. The number of anilines is 1. The van der Waals surface area contributed by atoms with Gasteiger partial charge in [-0.05, 0) is 26.7 Å². The van der Waals surface area contributed by atoms with Crippen molar-refractivity contribution >= 4 is 34.1 Å². The zero-order chi connectivity index (χ0) is 14.4. The predicted octanol–water partition coefficient (Wildman–Crippen LogP) is 1.75. The number of nitrogens with one attached hydrogen (secondary N) is 2. The first-order valence-corrected chi connectivity index (χ1v) is 8.55. The Morgan fingerprint density at radius 1 is 1.55 bits per heavy atom. The number of carbonyl (C=O) groups excluding carboxylic acids is 1. The molecule has 1 fully saturated rings. The summed E-state index contributed by atoms with van der Waals surface area (Å²) >= 11 is 2.88. The molecule has 1 aliphatic rings. The van der Waals surface area contributed by atoms with Gasteiger partial charge in [-0.3, -0.25) is 4.79 Å². The molecule has 8 heteroatoms. The van der Waals surface area contributed by atoms with Crippen molar-refractivity contribution in [2.24, 2.45) is 0 Å². The fraction of sp³-hybridized carbons (Fsp3) is 0.750. The number of amides is 1. The number of hydrogen-bond donors (Lipinski definition) is 2. The van der Waals surface area contributed by atoms with E-state index in [1.807, 2.05) is 13.8 Å². The molecule has 112 valence electrons. The minimum atomic E-state index is 0.0223. The summed E-state index contributed by atoms with van der Waals surface area (Å²) in [6.07, 6.45) is 2.52. The van der Waals surface area contributed by atoms with Crippen LogP contribution in [0.5, 0.6) is 0 Å². The van der Waals surface area contributed by atoms with Crippen LogP contribution in [0.1, 0.15) is 26.7 Å². The Bertz CT molecular complexity index is 433. The predicted molar refractivity (Wildman–Crippen MR) is 81.4 cm³/mol. The third-order valence-corrected chi connectivity index (χ3v) is 4.70. The topological polar surface area (TPSA) is 76.1 Å². The monoisotopic (exact) mass is 316 g/mol. The Labute approximate surface area is 127 Å². The molecule has 2 rings (SSSR count). The molecule has 0 aliphatic carbocycles. The number of carbonyl (C=O) groups is 1. The van der Waals surface area contributed by atoms with Gasteiger partial charge in [-0.25, -0.2) is 0 Å². The molecule has 20 heavy (non-hydrogen) atoms. The molecule has 1 amide bonds. The molecule has 0 bridgehead atoms. The van der Waals surface area contributed by atoms with Crippen LogP contribution in [0.25, 0.3) is 0 Å². The van der Waals surface area contributed by atoms with Crippen molar-refractivity contribution in [2.45, 2.75) is 43.2 Å². The second-order valence-corrected chi connectivity index (χ2v) is 7.10. The third kappa shape index (κ3) is 5.26. The first-order chi connectivity index (χ1) is 9.63. The number of nitrogens with zero attached hydrogens (tertiary/aromatic N) is 2. The summed E-state index contributed by atoms with van der Waals surface area (Å²) < 4.78 is 6.34. The Hall–Kier alpha value is -0.860. The molecule has 0 spiro atoms. The van der Waals surface area contributed by atoms with Crippen LogP contribution in [-0.2, 0) is 9.53 Å². The molecule has 1 aromatic heterocycles. The van der Waals surface area contributed by atoms with Crippen LogP contribution >= 0.6 is 23.1 Å². The van der Waals surface area contributed by atoms with Gasteiger partial charge in [0.2, 0.25) is 11.0 Å². The molecule has 1 aliphatic heterocycles. The van der Waals surface area contributed by atoms with Crippen molar-refractivity contribution in [3.8, 4) is 0 Å². The van der Waals surface area contributed by atoms with Crippen LogP contribution in [0, 0.1) is 0 Å². The van der Waals surface area contributed by atoms with E-state index in [0.717, 1.165) is 35.5 Å². The molecular weight excluding hydrogens is 296 g/mol. The number of hydrogen-bond acceptors (Lipinski definition) is 7. The maximum Gasteiger partial charge on any atom is 0.230 e. The van der Waals surface area contributed by atoms with Crippen LogP contribution < -0.4 is 10.6 Å². The van der Waals surface area contributed by atoms with Gasteiger partial charge in [0.25, 0.3) is 0 Å². The van der Waals surface area contributed by atoms with Crippen LogP contribution in [0.4, 0.5) is 5.13 Å². The molecule has 0 aromatic carbocycles. The quantitative estimate of drug-likeness (QED) is 0.746. The minimum absolute atomic E-state index is 0.0223. The van der Waals surface area contributed by atoms with Crippen LogP contribution in [-0.4, -0.2) is 47.2 Å². The number of ether oxygens (including phenoxy) is 1. The average Bonchev–Trinajstić information content (AvgIpc) is 3.05. The maximum absolute atomic E-state index is 11.5. The minimum Gasteiger partial charge on any atom is -0.376 e. The molecule has 1 aromatic rings. The van der Waals surface area contributed by atoms with E-state index in [1.165, 1.54) is 23.1 Å². The first-order valence-electron chi connectivity index (χ1n) is 6.74. The maximum atomic E-state index is 11.5. The molecule has 0 radical (unpaired) electrons. The summed E-state index contributed by atoms with van der Waals surface area (Å²) in [5, 5.41) is 15.0. The van der Waals surface area contributed by atoms with E-state index < -0.39 is 0 Å². The largest absolute Gasteiger partial charge is 0.376 e. The summed E-state index contributed by atoms with van der Waals surface area (Å²) in [6, 6.07) is 0.168.